The Bertz CT molecular complexity index is 1090. The Morgan fingerprint density at radius 1 is 1.09 bits per heavy atom. The average molecular weight is 493 g/mol. The first-order valence-corrected chi connectivity index (χ1v) is 10.2. The van der Waals surface area contributed by atoms with Crippen molar-refractivity contribution in [3.8, 4) is 0 Å². The number of alkyl halides is 3. The Morgan fingerprint density at radius 3 is 2.32 bits per heavy atom. The van der Waals surface area contributed by atoms with Crippen molar-refractivity contribution in [1.82, 2.24) is 24.6 Å². The van der Waals surface area contributed by atoms with E-state index in [9.17, 15) is 41.0 Å². The van der Waals surface area contributed by atoms with E-state index in [1.54, 1.807) is 0 Å². The molecule has 0 aliphatic carbocycles. The summed E-state index contributed by atoms with van der Waals surface area (Å²) in [6, 6.07) is -0.873. The van der Waals surface area contributed by atoms with Gasteiger partial charge in [-0.3, -0.25) is 4.79 Å². The number of benzene rings is 1. The largest absolute Gasteiger partial charge is 0.465 e. The molecular weight excluding hydrogens is 472 g/mol. The number of amides is 2. The fourth-order valence-corrected chi connectivity index (χ4v) is 3.95. The number of carbonyl (C=O) groups is 2. The third kappa shape index (κ3) is 5.25. The fraction of sp³-hybridized carbons (Fsp3) is 0.500. The number of aromatic nitrogens is 3. The molecule has 1 aromatic heterocycles. The summed E-state index contributed by atoms with van der Waals surface area (Å²) in [6.45, 7) is 2.42. The van der Waals surface area contributed by atoms with Crippen molar-refractivity contribution >= 4 is 12.0 Å². The molecule has 0 saturated carbocycles. The molecule has 0 bridgehead atoms. The van der Waals surface area contributed by atoms with Gasteiger partial charge < -0.3 is 19.5 Å². The van der Waals surface area contributed by atoms with Gasteiger partial charge >= 0.3 is 12.3 Å². The number of halogens is 6. The number of hydrogen-bond donors (Lipinski definition) is 1. The Kier molecular flexibility index (Phi) is 7.07. The minimum Gasteiger partial charge on any atom is -0.465 e. The average Bonchev–Trinajstić information content (AvgIpc) is 3.15. The Morgan fingerprint density at radius 2 is 1.74 bits per heavy atom. The molecule has 0 unspecified atom stereocenters. The van der Waals surface area contributed by atoms with Crippen molar-refractivity contribution in [2.75, 3.05) is 6.54 Å². The van der Waals surface area contributed by atoms with Crippen LogP contribution in [0.2, 0.25) is 0 Å². The predicted octanol–water partition coefficient (Wildman–Crippen LogP) is 3.45. The molecule has 3 rings (SSSR count). The van der Waals surface area contributed by atoms with Crippen molar-refractivity contribution in [1.29, 1.82) is 0 Å². The van der Waals surface area contributed by atoms with Crippen molar-refractivity contribution in [2.24, 2.45) is 0 Å². The minimum atomic E-state index is -4.71. The van der Waals surface area contributed by atoms with Gasteiger partial charge in [-0.1, -0.05) is 0 Å². The lowest BCUT2D eigenvalue weighted by atomic mass is 9.99. The van der Waals surface area contributed by atoms with E-state index in [0.717, 1.165) is 9.47 Å². The number of hydrogen-bond acceptors (Lipinski definition) is 4. The number of rotatable bonds is 6. The van der Waals surface area contributed by atoms with Gasteiger partial charge in [-0.15, -0.1) is 10.2 Å². The first-order valence-electron chi connectivity index (χ1n) is 10.2. The number of carbonyl (C=O) groups excluding carboxylic acids is 1. The molecular formula is C20H21F6N5O3. The second-order valence-electron chi connectivity index (χ2n) is 8.11. The van der Waals surface area contributed by atoms with Crippen LogP contribution >= 0.6 is 0 Å². The molecule has 34 heavy (non-hydrogen) atoms. The zero-order valence-corrected chi connectivity index (χ0v) is 18.1. The third-order valence-corrected chi connectivity index (χ3v) is 5.49. The molecule has 0 saturated heterocycles. The maximum absolute atomic E-state index is 14.2. The molecule has 0 fully saturated rings. The van der Waals surface area contributed by atoms with Crippen molar-refractivity contribution in [3.05, 3.63) is 46.8 Å². The highest BCUT2D eigenvalue weighted by Gasteiger charge is 2.40. The standard InChI is InChI=1S/C20H21F6N5O3/c1-10(2)31(19(33)34)12(5-11-6-14(22)15(23)8-13(11)21)7-17(32)29-3-4-30-16(9-29)27-28-18(30)20(24,25)26/h6,8,10,12H,3-5,7,9H2,1-2H3,(H,33,34)/t12-/m1/s1. The molecule has 2 heterocycles. The van der Waals surface area contributed by atoms with Gasteiger partial charge in [0.1, 0.15) is 5.82 Å². The summed E-state index contributed by atoms with van der Waals surface area (Å²) >= 11 is 0. The minimum absolute atomic E-state index is 0.0888. The summed E-state index contributed by atoms with van der Waals surface area (Å²) in [7, 11) is 0. The van der Waals surface area contributed by atoms with E-state index in [2.05, 4.69) is 10.2 Å². The van der Waals surface area contributed by atoms with E-state index in [1.165, 1.54) is 18.7 Å². The maximum atomic E-state index is 14.2. The number of fused-ring (bicyclic) bond motifs is 1. The molecule has 2 amide bonds. The maximum Gasteiger partial charge on any atom is 0.451 e. The van der Waals surface area contributed by atoms with Crippen LogP contribution in [-0.2, 0) is 30.5 Å². The van der Waals surface area contributed by atoms with Crippen LogP contribution in [0.15, 0.2) is 12.1 Å². The van der Waals surface area contributed by atoms with Crippen LogP contribution < -0.4 is 0 Å². The summed E-state index contributed by atoms with van der Waals surface area (Å²) in [5, 5.41) is 16.3. The Hall–Kier alpha value is -3.32. The predicted molar refractivity (Wildman–Crippen MR) is 104 cm³/mol. The van der Waals surface area contributed by atoms with Crippen LogP contribution in [0.5, 0.6) is 0 Å². The second kappa shape index (κ2) is 9.50. The number of nitrogens with zero attached hydrogens (tertiary/aromatic N) is 5. The summed E-state index contributed by atoms with van der Waals surface area (Å²) in [5.41, 5.74) is -0.322. The Balaban J connectivity index is 1.84. The molecule has 1 aliphatic heterocycles. The van der Waals surface area contributed by atoms with Crippen LogP contribution in [-0.4, -0.2) is 60.3 Å². The first-order chi connectivity index (χ1) is 15.8. The molecule has 8 nitrogen and oxygen atoms in total. The van der Waals surface area contributed by atoms with Gasteiger partial charge in [0.25, 0.3) is 0 Å². The fourth-order valence-electron chi connectivity index (χ4n) is 3.95. The first kappa shape index (κ1) is 25.3. The third-order valence-electron chi connectivity index (χ3n) is 5.49. The van der Waals surface area contributed by atoms with Gasteiger partial charge in [-0.05, 0) is 31.9 Å². The Labute approximate surface area is 189 Å². The van der Waals surface area contributed by atoms with Gasteiger partial charge in [0.05, 0.1) is 6.54 Å². The summed E-state index contributed by atoms with van der Waals surface area (Å²) < 4.78 is 81.1. The monoisotopic (exact) mass is 493 g/mol. The van der Waals surface area contributed by atoms with Gasteiger partial charge in [0.2, 0.25) is 11.7 Å². The highest BCUT2D eigenvalue weighted by Crippen LogP contribution is 2.30. The van der Waals surface area contributed by atoms with Crippen molar-refractivity contribution in [2.45, 2.75) is 58.0 Å². The lowest BCUT2D eigenvalue weighted by Gasteiger charge is -2.35. The quantitative estimate of drug-likeness (QED) is 0.492. The van der Waals surface area contributed by atoms with Gasteiger partial charge in [0, 0.05) is 37.7 Å². The van der Waals surface area contributed by atoms with E-state index in [4.69, 9.17) is 0 Å². The van der Waals surface area contributed by atoms with Crippen LogP contribution in [0.4, 0.5) is 31.1 Å². The molecule has 1 N–H and O–H groups in total. The second-order valence-corrected chi connectivity index (χ2v) is 8.11. The highest BCUT2D eigenvalue weighted by molar-refractivity contribution is 5.78. The molecule has 14 heteroatoms. The highest BCUT2D eigenvalue weighted by atomic mass is 19.4. The zero-order chi connectivity index (χ0) is 25.4. The normalized spacial score (nSPS) is 14.8. The summed E-state index contributed by atoms with van der Waals surface area (Å²) in [6.07, 6.45) is -7.02. The lowest BCUT2D eigenvalue weighted by Crippen LogP contribution is -2.49. The van der Waals surface area contributed by atoms with Crippen LogP contribution in [0, 0.1) is 17.5 Å². The summed E-state index contributed by atoms with van der Waals surface area (Å²) in [4.78, 5) is 26.9. The van der Waals surface area contributed by atoms with E-state index in [0.29, 0.717) is 12.1 Å². The van der Waals surface area contributed by atoms with Crippen LogP contribution in [0.3, 0.4) is 0 Å². The topological polar surface area (TPSA) is 91.6 Å². The molecule has 0 spiro atoms. The molecule has 2 aromatic rings. The smallest absolute Gasteiger partial charge is 0.451 e. The van der Waals surface area contributed by atoms with Gasteiger partial charge in [0.15, 0.2) is 17.5 Å². The van der Waals surface area contributed by atoms with E-state index in [1.807, 2.05) is 0 Å². The van der Waals surface area contributed by atoms with E-state index >= 15 is 0 Å². The lowest BCUT2D eigenvalue weighted by molar-refractivity contribution is -0.148. The van der Waals surface area contributed by atoms with Crippen LogP contribution in [0.1, 0.15) is 37.5 Å². The molecule has 1 aromatic carbocycles. The van der Waals surface area contributed by atoms with Crippen LogP contribution in [0.25, 0.3) is 0 Å². The van der Waals surface area contributed by atoms with E-state index in [-0.39, 0.29) is 31.0 Å². The molecule has 0 radical (unpaired) electrons. The molecule has 1 atom stereocenters. The molecule has 1 aliphatic rings. The number of carboxylic acid groups (broad SMARTS) is 1. The van der Waals surface area contributed by atoms with Crippen molar-refractivity contribution in [3.63, 3.8) is 0 Å². The SMILES string of the molecule is CC(C)N(C(=O)O)[C@@H](CC(=O)N1CCn2c(nnc2C(F)(F)F)C1)Cc1cc(F)c(F)cc1F. The van der Waals surface area contributed by atoms with Crippen molar-refractivity contribution < 1.29 is 41.0 Å². The van der Waals surface area contributed by atoms with Gasteiger partial charge in [-0.25, -0.2) is 18.0 Å². The van der Waals surface area contributed by atoms with Gasteiger partial charge in [-0.2, -0.15) is 13.2 Å². The summed E-state index contributed by atoms with van der Waals surface area (Å²) in [5.74, 6) is -5.74. The zero-order valence-electron chi connectivity index (χ0n) is 18.1. The molecule has 186 valence electrons. The van der Waals surface area contributed by atoms with E-state index < -0.39 is 66.4 Å².